The second-order valence-corrected chi connectivity index (χ2v) is 9.64. The van der Waals surface area contributed by atoms with Gasteiger partial charge in [-0.05, 0) is 6.08 Å². The van der Waals surface area contributed by atoms with Crippen molar-refractivity contribution in [2.75, 3.05) is 6.54 Å². The first-order valence-electron chi connectivity index (χ1n) is 5.17. The highest BCUT2D eigenvalue weighted by molar-refractivity contribution is 6.83. The molecule has 17 heavy (non-hydrogen) atoms. The lowest BCUT2D eigenvalue weighted by atomic mass is 10.2. The van der Waals surface area contributed by atoms with Gasteiger partial charge in [0.1, 0.15) is 8.07 Å². The number of carboxylic acids is 1. The molecule has 0 spiro atoms. The van der Waals surface area contributed by atoms with Crippen LogP contribution >= 0.6 is 0 Å². The summed E-state index contributed by atoms with van der Waals surface area (Å²) < 4.78 is 0. The predicted molar refractivity (Wildman–Crippen MR) is 65.4 cm³/mol. The molecule has 2 N–H and O–H groups in total. The highest BCUT2D eigenvalue weighted by atomic mass is 28.3. The Kier molecular flexibility index (Phi) is 3.63. The standard InChI is InChI=1S/C11H15NO4Si/c1-17(2,3)5-4-8-6-9(10(13)14)12(7-8)11(15)16/h6,9H,7H2,1-3H3,(H,13,14)(H,15,16)/t9-/m1/s1. The van der Waals surface area contributed by atoms with Gasteiger partial charge in [-0.25, -0.2) is 9.59 Å². The third-order valence-electron chi connectivity index (χ3n) is 2.13. The van der Waals surface area contributed by atoms with E-state index in [0.29, 0.717) is 5.57 Å². The number of amides is 1. The molecule has 1 aliphatic heterocycles. The molecule has 0 fully saturated rings. The fourth-order valence-electron chi connectivity index (χ4n) is 1.36. The van der Waals surface area contributed by atoms with E-state index in [9.17, 15) is 9.59 Å². The quantitative estimate of drug-likeness (QED) is 0.544. The molecule has 0 saturated carbocycles. The van der Waals surface area contributed by atoms with Gasteiger partial charge in [0.15, 0.2) is 6.04 Å². The van der Waals surface area contributed by atoms with Gasteiger partial charge >= 0.3 is 12.1 Å². The second-order valence-electron chi connectivity index (χ2n) is 4.89. The van der Waals surface area contributed by atoms with Gasteiger partial charge in [-0.3, -0.25) is 4.90 Å². The first-order valence-corrected chi connectivity index (χ1v) is 8.67. The van der Waals surface area contributed by atoms with Crippen molar-refractivity contribution in [2.45, 2.75) is 25.7 Å². The number of aliphatic carboxylic acids is 1. The Morgan fingerprint density at radius 1 is 1.41 bits per heavy atom. The minimum Gasteiger partial charge on any atom is -0.479 e. The van der Waals surface area contributed by atoms with Gasteiger partial charge in [-0.15, -0.1) is 5.54 Å². The first-order chi connectivity index (χ1) is 7.70. The van der Waals surface area contributed by atoms with Gasteiger partial charge in [0.05, 0.1) is 6.54 Å². The fourth-order valence-corrected chi connectivity index (χ4v) is 1.89. The zero-order valence-electron chi connectivity index (χ0n) is 10.0. The van der Waals surface area contributed by atoms with Crippen LogP contribution in [-0.2, 0) is 4.79 Å². The van der Waals surface area contributed by atoms with Gasteiger partial charge in [0.25, 0.3) is 0 Å². The van der Waals surface area contributed by atoms with Crippen LogP contribution in [0.15, 0.2) is 11.6 Å². The monoisotopic (exact) mass is 253 g/mol. The average molecular weight is 253 g/mol. The van der Waals surface area contributed by atoms with E-state index in [0.717, 1.165) is 4.90 Å². The van der Waals surface area contributed by atoms with Gasteiger partial charge in [-0.2, -0.15) is 0 Å². The summed E-state index contributed by atoms with van der Waals surface area (Å²) in [7, 11) is -1.54. The summed E-state index contributed by atoms with van der Waals surface area (Å²) in [6.07, 6.45) is 0.169. The van der Waals surface area contributed by atoms with E-state index >= 15 is 0 Å². The zero-order chi connectivity index (χ0) is 13.2. The number of hydrogen-bond acceptors (Lipinski definition) is 2. The minimum atomic E-state index is -1.54. The van der Waals surface area contributed by atoms with Crippen molar-refractivity contribution < 1.29 is 19.8 Å². The molecule has 92 valence electrons. The number of carbonyl (C=O) groups is 2. The van der Waals surface area contributed by atoms with Gasteiger partial charge in [-0.1, -0.05) is 25.6 Å². The van der Waals surface area contributed by atoms with E-state index in [1.165, 1.54) is 6.08 Å². The van der Waals surface area contributed by atoms with Crippen LogP contribution in [0.3, 0.4) is 0 Å². The van der Waals surface area contributed by atoms with Crippen molar-refractivity contribution in [3.63, 3.8) is 0 Å². The average Bonchev–Trinajstić information content (AvgIpc) is 2.57. The summed E-state index contributed by atoms with van der Waals surface area (Å²) in [5, 5.41) is 17.8. The van der Waals surface area contributed by atoms with Crippen molar-refractivity contribution in [3.8, 4) is 11.5 Å². The van der Waals surface area contributed by atoms with Crippen LogP contribution in [0.5, 0.6) is 0 Å². The molecule has 0 aromatic rings. The Labute approximate surface area is 101 Å². The van der Waals surface area contributed by atoms with Crippen LogP contribution in [0, 0.1) is 11.5 Å². The van der Waals surface area contributed by atoms with E-state index in [4.69, 9.17) is 10.2 Å². The molecular weight excluding hydrogens is 238 g/mol. The molecule has 1 rings (SSSR count). The van der Waals surface area contributed by atoms with E-state index in [2.05, 4.69) is 31.1 Å². The van der Waals surface area contributed by atoms with Crippen molar-refractivity contribution in [2.24, 2.45) is 0 Å². The molecule has 1 aliphatic rings. The molecule has 0 radical (unpaired) electrons. The smallest absolute Gasteiger partial charge is 0.408 e. The van der Waals surface area contributed by atoms with Gasteiger partial charge in [0, 0.05) is 5.57 Å². The molecule has 1 heterocycles. The largest absolute Gasteiger partial charge is 0.479 e. The van der Waals surface area contributed by atoms with Crippen LogP contribution in [0.4, 0.5) is 4.79 Å². The number of nitrogens with zero attached hydrogens (tertiary/aromatic N) is 1. The Hall–Kier alpha value is -1.74. The van der Waals surface area contributed by atoms with E-state index in [1.54, 1.807) is 0 Å². The predicted octanol–water partition coefficient (Wildman–Crippen LogP) is 1.24. The van der Waals surface area contributed by atoms with Crippen LogP contribution in [-0.4, -0.2) is 47.8 Å². The fraction of sp³-hybridized carbons (Fsp3) is 0.455. The second kappa shape index (κ2) is 4.63. The number of carboxylic acid groups (broad SMARTS) is 2. The SMILES string of the molecule is C[Si](C)(C)C#CC1=C[C@H](C(=O)O)N(C(=O)O)C1. The van der Waals surface area contributed by atoms with Crippen molar-refractivity contribution >= 4 is 20.1 Å². The molecule has 0 aromatic heterocycles. The molecule has 0 aliphatic carbocycles. The Morgan fingerprint density at radius 3 is 2.35 bits per heavy atom. The van der Waals surface area contributed by atoms with Crippen LogP contribution in [0.25, 0.3) is 0 Å². The summed E-state index contributed by atoms with van der Waals surface area (Å²) in [6.45, 7) is 6.27. The zero-order valence-corrected chi connectivity index (χ0v) is 11.0. The summed E-state index contributed by atoms with van der Waals surface area (Å²) >= 11 is 0. The molecular formula is C11H15NO4Si. The lowest BCUT2D eigenvalue weighted by molar-refractivity contribution is -0.140. The maximum Gasteiger partial charge on any atom is 0.408 e. The normalized spacial score (nSPS) is 19.4. The van der Waals surface area contributed by atoms with Crippen LogP contribution in [0.2, 0.25) is 19.6 Å². The molecule has 6 heteroatoms. The summed E-state index contributed by atoms with van der Waals surface area (Å²) in [5.41, 5.74) is 3.66. The summed E-state index contributed by atoms with van der Waals surface area (Å²) in [6, 6.07) is -1.11. The van der Waals surface area contributed by atoms with Crippen LogP contribution < -0.4 is 0 Å². The third-order valence-corrected chi connectivity index (χ3v) is 3.01. The Morgan fingerprint density at radius 2 is 2.00 bits per heavy atom. The topological polar surface area (TPSA) is 77.8 Å². The minimum absolute atomic E-state index is 0.0593. The van der Waals surface area contributed by atoms with E-state index in [1.807, 2.05) is 0 Å². The lowest BCUT2D eigenvalue weighted by Crippen LogP contribution is -2.40. The van der Waals surface area contributed by atoms with Crippen molar-refractivity contribution in [1.82, 2.24) is 4.90 Å². The lowest BCUT2D eigenvalue weighted by Gasteiger charge is -2.16. The molecule has 0 saturated heterocycles. The van der Waals surface area contributed by atoms with E-state index < -0.39 is 26.2 Å². The van der Waals surface area contributed by atoms with Gasteiger partial charge < -0.3 is 10.2 Å². The van der Waals surface area contributed by atoms with E-state index in [-0.39, 0.29) is 6.54 Å². The highest BCUT2D eigenvalue weighted by Gasteiger charge is 2.33. The molecule has 5 nitrogen and oxygen atoms in total. The Bertz CT molecular complexity index is 439. The molecule has 0 bridgehead atoms. The summed E-state index contributed by atoms with van der Waals surface area (Å²) in [4.78, 5) is 22.6. The molecule has 1 atom stereocenters. The number of hydrogen-bond donors (Lipinski definition) is 2. The summed E-state index contributed by atoms with van der Waals surface area (Å²) in [5.74, 6) is 1.73. The van der Waals surface area contributed by atoms with Crippen LogP contribution in [0.1, 0.15) is 0 Å². The van der Waals surface area contributed by atoms with Crippen molar-refractivity contribution in [1.29, 1.82) is 0 Å². The number of rotatable bonds is 1. The molecule has 0 aromatic carbocycles. The first kappa shape index (κ1) is 13.3. The highest BCUT2D eigenvalue weighted by Crippen LogP contribution is 2.16. The molecule has 0 unspecified atom stereocenters. The van der Waals surface area contributed by atoms with Crippen molar-refractivity contribution in [3.05, 3.63) is 11.6 Å². The van der Waals surface area contributed by atoms with Gasteiger partial charge in [0.2, 0.25) is 0 Å². The molecule has 1 amide bonds. The Balaban J connectivity index is 2.91. The third kappa shape index (κ3) is 3.64. The maximum atomic E-state index is 10.9. The maximum absolute atomic E-state index is 10.9.